The van der Waals surface area contributed by atoms with E-state index in [0.29, 0.717) is 18.3 Å². The number of ether oxygens (including phenoxy) is 2. The van der Waals surface area contributed by atoms with Gasteiger partial charge in [-0.3, -0.25) is 9.78 Å². The van der Waals surface area contributed by atoms with E-state index in [1.807, 2.05) is 12.1 Å². The Morgan fingerprint density at radius 3 is 2.79 bits per heavy atom. The summed E-state index contributed by atoms with van der Waals surface area (Å²) in [7, 11) is 1.36. The van der Waals surface area contributed by atoms with Gasteiger partial charge in [0.05, 0.1) is 32.0 Å². The molecule has 19 heavy (non-hydrogen) atoms. The first kappa shape index (κ1) is 15.4. The van der Waals surface area contributed by atoms with E-state index in [9.17, 15) is 4.79 Å². The van der Waals surface area contributed by atoms with E-state index in [-0.39, 0.29) is 12.4 Å². The highest BCUT2D eigenvalue weighted by molar-refractivity contribution is 5.69. The van der Waals surface area contributed by atoms with E-state index < -0.39 is 0 Å². The number of pyridine rings is 1. The van der Waals surface area contributed by atoms with Gasteiger partial charge >= 0.3 is 5.97 Å². The first-order chi connectivity index (χ1) is 9.11. The van der Waals surface area contributed by atoms with Crippen molar-refractivity contribution in [2.45, 2.75) is 26.8 Å². The summed E-state index contributed by atoms with van der Waals surface area (Å²) < 4.78 is 9.92. The fourth-order valence-corrected chi connectivity index (χ4v) is 1.44. The van der Waals surface area contributed by atoms with Crippen LogP contribution in [0.15, 0.2) is 18.3 Å². The minimum Gasteiger partial charge on any atom is -0.491 e. The maximum absolute atomic E-state index is 10.9. The molecule has 1 aromatic rings. The Kier molecular flexibility index (Phi) is 6.89. The quantitative estimate of drug-likeness (QED) is 0.727. The van der Waals surface area contributed by atoms with Crippen molar-refractivity contribution in [3.05, 3.63) is 24.0 Å². The van der Waals surface area contributed by atoms with E-state index in [0.717, 1.165) is 18.8 Å². The molecule has 0 aromatic carbocycles. The first-order valence-electron chi connectivity index (χ1n) is 6.47. The Hall–Kier alpha value is -1.62. The Labute approximate surface area is 114 Å². The zero-order valence-corrected chi connectivity index (χ0v) is 11.8. The van der Waals surface area contributed by atoms with Crippen molar-refractivity contribution in [3.63, 3.8) is 0 Å². The van der Waals surface area contributed by atoms with E-state index in [2.05, 4.69) is 28.9 Å². The van der Waals surface area contributed by atoms with Crippen LogP contribution in [0.2, 0.25) is 0 Å². The molecular weight excluding hydrogens is 244 g/mol. The van der Waals surface area contributed by atoms with Crippen molar-refractivity contribution in [1.82, 2.24) is 10.3 Å². The van der Waals surface area contributed by atoms with Gasteiger partial charge in [-0.05, 0) is 24.6 Å². The minimum atomic E-state index is -0.275. The largest absolute Gasteiger partial charge is 0.491 e. The van der Waals surface area contributed by atoms with Gasteiger partial charge in [0.2, 0.25) is 0 Å². The summed E-state index contributed by atoms with van der Waals surface area (Å²) in [5, 5.41) is 3.32. The number of rotatable bonds is 8. The predicted molar refractivity (Wildman–Crippen MR) is 72.9 cm³/mol. The lowest BCUT2D eigenvalue weighted by Crippen LogP contribution is -2.19. The second-order valence-corrected chi connectivity index (χ2v) is 4.68. The second-order valence-electron chi connectivity index (χ2n) is 4.68. The molecule has 0 atom stereocenters. The van der Waals surface area contributed by atoms with Crippen LogP contribution in [0.1, 0.15) is 26.0 Å². The predicted octanol–water partition coefficient (Wildman–Crippen LogP) is 1.77. The lowest BCUT2D eigenvalue weighted by Gasteiger charge is -2.08. The van der Waals surface area contributed by atoms with Crippen molar-refractivity contribution >= 4 is 5.97 Å². The summed E-state index contributed by atoms with van der Waals surface area (Å²) in [5.41, 5.74) is 0.973. The number of carbonyl (C=O) groups is 1. The monoisotopic (exact) mass is 266 g/mol. The Morgan fingerprint density at radius 1 is 1.42 bits per heavy atom. The normalized spacial score (nSPS) is 10.5. The number of aromatic nitrogens is 1. The van der Waals surface area contributed by atoms with Crippen LogP contribution in [-0.4, -0.2) is 31.2 Å². The van der Waals surface area contributed by atoms with Gasteiger partial charge in [0.15, 0.2) is 0 Å². The number of nitrogens with zero attached hydrogens (tertiary/aromatic N) is 1. The third kappa shape index (κ3) is 6.76. The number of hydrogen-bond donors (Lipinski definition) is 1. The highest BCUT2D eigenvalue weighted by Gasteiger charge is 2.02. The Bertz CT molecular complexity index is 377. The molecule has 0 spiro atoms. The summed E-state index contributed by atoms with van der Waals surface area (Å²) in [4.78, 5) is 15.2. The third-order valence-electron chi connectivity index (χ3n) is 2.46. The molecule has 5 heteroatoms. The van der Waals surface area contributed by atoms with Gasteiger partial charge in [-0.25, -0.2) is 0 Å². The number of carbonyl (C=O) groups excluding carboxylic acids is 1. The molecule has 0 aliphatic rings. The molecule has 0 amide bonds. The van der Waals surface area contributed by atoms with Crippen LogP contribution in [0.3, 0.4) is 0 Å². The lowest BCUT2D eigenvalue weighted by molar-refractivity contribution is -0.141. The number of hydrogen-bond acceptors (Lipinski definition) is 5. The second kappa shape index (κ2) is 8.48. The van der Waals surface area contributed by atoms with E-state index in [1.165, 1.54) is 7.11 Å². The zero-order valence-electron chi connectivity index (χ0n) is 11.8. The number of nitrogens with one attached hydrogen (secondary N) is 1. The molecule has 0 unspecified atom stereocenters. The maximum Gasteiger partial charge on any atom is 0.308 e. The molecule has 1 rings (SSSR count). The highest BCUT2D eigenvalue weighted by Crippen LogP contribution is 2.09. The van der Waals surface area contributed by atoms with E-state index >= 15 is 0 Å². The van der Waals surface area contributed by atoms with Crippen molar-refractivity contribution in [3.8, 4) is 5.75 Å². The molecular formula is C14H22N2O3. The van der Waals surface area contributed by atoms with Gasteiger partial charge in [-0.2, -0.15) is 0 Å². The fourth-order valence-electron chi connectivity index (χ4n) is 1.44. The van der Waals surface area contributed by atoms with Crippen molar-refractivity contribution < 1.29 is 14.3 Å². The average Bonchev–Trinajstić information content (AvgIpc) is 2.40. The molecule has 0 radical (unpaired) electrons. The molecule has 0 saturated carbocycles. The average molecular weight is 266 g/mol. The van der Waals surface area contributed by atoms with Gasteiger partial charge in [0.1, 0.15) is 5.75 Å². The van der Waals surface area contributed by atoms with Crippen LogP contribution < -0.4 is 10.1 Å². The standard InChI is InChI=1S/C14H22N2O3/c1-11(2)8-15-9-12-4-5-13(10-16-12)19-7-6-14(17)18-3/h4-5,10-11,15H,6-9H2,1-3H3. The summed E-state index contributed by atoms with van der Waals surface area (Å²) in [6, 6.07) is 3.78. The number of esters is 1. The summed E-state index contributed by atoms with van der Waals surface area (Å²) in [6.07, 6.45) is 1.91. The smallest absolute Gasteiger partial charge is 0.308 e. The number of methoxy groups -OCH3 is 1. The van der Waals surface area contributed by atoms with Crippen LogP contribution in [0.5, 0.6) is 5.75 Å². The summed E-state index contributed by atoms with van der Waals surface area (Å²) in [6.45, 7) is 6.36. The van der Waals surface area contributed by atoms with Crippen LogP contribution in [0, 0.1) is 5.92 Å². The SMILES string of the molecule is COC(=O)CCOc1ccc(CNCC(C)C)nc1. The molecule has 1 aromatic heterocycles. The Balaban J connectivity index is 2.29. The molecule has 106 valence electrons. The Morgan fingerprint density at radius 2 is 2.21 bits per heavy atom. The maximum atomic E-state index is 10.9. The lowest BCUT2D eigenvalue weighted by atomic mass is 10.2. The minimum absolute atomic E-state index is 0.244. The van der Waals surface area contributed by atoms with Crippen LogP contribution in [-0.2, 0) is 16.1 Å². The summed E-state index contributed by atoms with van der Waals surface area (Å²) in [5.74, 6) is 1.01. The fraction of sp³-hybridized carbons (Fsp3) is 0.571. The van der Waals surface area contributed by atoms with Crippen LogP contribution in [0.25, 0.3) is 0 Å². The molecule has 1 N–H and O–H groups in total. The zero-order chi connectivity index (χ0) is 14.1. The molecule has 0 bridgehead atoms. The summed E-state index contributed by atoms with van der Waals surface area (Å²) >= 11 is 0. The van der Waals surface area contributed by atoms with E-state index in [1.54, 1.807) is 6.20 Å². The van der Waals surface area contributed by atoms with Gasteiger partial charge in [-0.15, -0.1) is 0 Å². The first-order valence-corrected chi connectivity index (χ1v) is 6.47. The molecule has 0 aliphatic carbocycles. The molecule has 0 fully saturated rings. The van der Waals surface area contributed by atoms with Gasteiger partial charge in [0, 0.05) is 6.54 Å². The third-order valence-corrected chi connectivity index (χ3v) is 2.46. The molecule has 1 heterocycles. The van der Waals surface area contributed by atoms with Crippen molar-refractivity contribution in [2.75, 3.05) is 20.3 Å². The topological polar surface area (TPSA) is 60.5 Å². The molecule has 0 saturated heterocycles. The van der Waals surface area contributed by atoms with Crippen molar-refractivity contribution in [2.24, 2.45) is 5.92 Å². The van der Waals surface area contributed by atoms with E-state index in [4.69, 9.17) is 4.74 Å². The van der Waals surface area contributed by atoms with Crippen molar-refractivity contribution in [1.29, 1.82) is 0 Å². The van der Waals surface area contributed by atoms with Gasteiger partial charge < -0.3 is 14.8 Å². The van der Waals surface area contributed by atoms with Gasteiger partial charge in [-0.1, -0.05) is 13.8 Å². The highest BCUT2D eigenvalue weighted by atomic mass is 16.5. The molecule has 5 nitrogen and oxygen atoms in total. The molecule has 0 aliphatic heterocycles. The van der Waals surface area contributed by atoms with Crippen LogP contribution in [0.4, 0.5) is 0 Å². The van der Waals surface area contributed by atoms with Gasteiger partial charge in [0.25, 0.3) is 0 Å². The van der Waals surface area contributed by atoms with Crippen LogP contribution >= 0.6 is 0 Å².